The molecule has 6 nitrogen and oxygen atoms in total. The van der Waals surface area contributed by atoms with Crippen LogP contribution in [0.5, 0.6) is 0 Å². The average molecular weight is 390 g/mol. The van der Waals surface area contributed by atoms with Gasteiger partial charge in [0.25, 0.3) is 0 Å². The summed E-state index contributed by atoms with van der Waals surface area (Å²) in [7, 11) is -0.0434. The van der Waals surface area contributed by atoms with Crippen LogP contribution in [0.3, 0.4) is 0 Å². The predicted molar refractivity (Wildman–Crippen MR) is 86.5 cm³/mol. The number of hydrogen-bond acceptors (Lipinski definition) is 5. The summed E-state index contributed by atoms with van der Waals surface area (Å²) in [6, 6.07) is 2.33. The minimum absolute atomic E-state index is 0.0326. The molecule has 3 heterocycles. The number of halogens is 4. The second kappa shape index (κ2) is 6.34. The second-order valence-corrected chi connectivity index (χ2v) is 7.17. The molecule has 0 fully saturated rings. The summed E-state index contributed by atoms with van der Waals surface area (Å²) in [5, 5.41) is 7.77. The van der Waals surface area contributed by atoms with Crippen molar-refractivity contribution in [3.05, 3.63) is 29.0 Å². The number of hydrogen-bond donors (Lipinski definition) is 0. The highest BCUT2D eigenvalue weighted by molar-refractivity contribution is 7.85. The molecule has 0 radical (unpaired) electrons. The van der Waals surface area contributed by atoms with E-state index in [1.54, 1.807) is 14.0 Å². The largest absolute Gasteiger partial charge is 0.417 e. The van der Waals surface area contributed by atoms with Gasteiger partial charge in [-0.1, -0.05) is 18.5 Å². The molecule has 3 aromatic rings. The summed E-state index contributed by atoms with van der Waals surface area (Å²) >= 11 is 5.79. The number of imidazole rings is 1. The first-order chi connectivity index (χ1) is 11.7. The van der Waals surface area contributed by atoms with E-state index >= 15 is 0 Å². The van der Waals surface area contributed by atoms with Crippen molar-refractivity contribution in [2.45, 2.75) is 18.0 Å². The fourth-order valence-corrected chi connectivity index (χ4v) is 3.34. The van der Waals surface area contributed by atoms with Crippen molar-refractivity contribution in [2.75, 3.05) is 5.75 Å². The van der Waals surface area contributed by atoms with E-state index in [-0.39, 0.29) is 27.3 Å². The Kier molecular flexibility index (Phi) is 4.50. The van der Waals surface area contributed by atoms with Gasteiger partial charge in [-0.05, 0) is 6.07 Å². The van der Waals surface area contributed by atoms with Crippen LogP contribution in [0.25, 0.3) is 22.7 Å². The van der Waals surface area contributed by atoms with Gasteiger partial charge in [-0.15, -0.1) is 10.2 Å². The lowest BCUT2D eigenvalue weighted by atomic mass is 10.2. The monoisotopic (exact) mass is 389 g/mol. The lowest BCUT2D eigenvalue weighted by Gasteiger charge is -2.11. The van der Waals surface area contributed by atoms with E-state index in [1.807, 2.05) is 0 Å². The molecule has 11 heteroatoms. The Balaban J connectivity index is 2.26. The third kappa shape index (κ3) is 3.23. The van der Waals surface area contributed by atoms with E-state index in [0.29, 0.717) is 17.4 Å². The van der Waals surface area contributed by atoms with Gasteiger partial charge in [0.15, 0.2) is 16.6 Å². The summed E-state index contributed by atoms with van der Waals surface area (Å²) in [5.74, 6) is 0.378. The van der Waals surface area contributed by atoms with Crippen molar-refractivity contribution in [2.24, 2.45) is 7.05 Å². The summed E-state index contributed by atoms with van der Waals surface area (Å²) in [5.41, 5.74) is -0.0683. The van der Waals surface area contributed by atoms with Crippen molar-refractivity contribution in [1.29, 1.82) is 0 Å². The molecule has 0 aromatic carbocycles. The molecule has 132 valence electrons. The highest BCUT2D eigenvalue weighted by atomic mass is 35.5. The van der Waals surface area contributed by atoms with E-state index in [9.17, 15) is 17.4 Å². The Bertz CT molecular complexity index is 988. The van der Waals surface area contributed by atoms with Crippen LogP contribution >= 0.6 is 11.6 Å². The van der Waals surface area contributed by atoms with E-state index in [4.69, 9.17) is 11.6 Å². The van der Waals surface area contributed by atoms with Crippen LogP contribution < -0.4 is 0 Å². The van der Waals surface area contributed by atoms with Crippen molar-refractivity contribution in [1.82, 2.24) is 24.7 Å². The van der Waals surface area contributed by atoms with Crippen molar-refractivity contribution >= 4 is 33.6 Å². The minimum atomic E-state index is -4.58. The Hall–Kier alpha value is -2.07. The van der Waals surface area contributed by atoms with Gasteiger partial charge in [0, 0.05) is 25.1 Å². The van der Waals surface area contributed by atoms with Crippen LogP contribution in [0, 0.1) is 0 Å². The number of aryl methyl sites for hydroxylation is 1. The SMILES string of the molecule is CCS(=O)c1cc(C(F)(F)F)cnc1-c1nc2cc(Cl)nnc2n1C. The number of nitrogens with zero attached hydrogens (tertiary/aromatic N) is 5. The predicted octanol–water partition coefficient (Wildman–Crippen LogP) is 3.23. The molecule has 0 aliphatic heterocycles. The third-order valence-corrected chi connectivity index (χ3v) is 5.00. The summed E-state index contributed by atoms with van der Waals surface area (Å²) in [4.78, 5) is 8.16. The van der Waals surface area contributed by atoms with Crippen LogP contribution in [0.15, 0.2) is 23.2 Å². The topological polar surface area (TPSA) is 73.6 Å². The van der Waals surface area contributed by atoms with E-state index < -0.39 is 22.5 Å². The molecular formula is C14H11ClF3N5OS. The molecule has 0 bridgehead atoms. The molecule has 1 atom stereocenters. The molecule has 0 aliphatic rings. The highest BCUT2D eigenvalue weighted by Gasteiger charge is 2.33. The molecule has 3 rings (SSSR count). The molecule has 25 heavy (non-hydrogen) atoms. The molecule has 0 saturated heterocycles. The van der Waals surface area contributed by atoms with Gasteiger partial charge < -0.3 is 4.57 Å². The van der Waals surface area contributed by atoms with Crippen LogP contribution in [-0.2, 0) is 24.0 Å². The zero-order chi connectivity index (χ0) is 18.4. The summed E-state index contributed by atoms with van der Waals surface area (Å²) in [6.45, 7) is 1.61. The highest BCUT2D eigenvalue weighted by Crippen LogP contribution is 2.33. The maximum absolute atomic E-state index is 13.0. The second-order valence-electron chi connectivity index (χ2n) is 5.07. The molecular weight excluding hydrogens is 379 g/mol. The van der Waals surface area contributed by atoms with Gasteiger partial charge >= 0.3 is 6.18 Å². The van der Waals surface area contributed by atoms with Crippen molar-refractivity contribution < 1.29 is 17.4 Å². The van der Waals surface area contributed by atoms with Crippen LogP contribution in [-0.4, -0.2) is 34.7 Å². The Morgan fingerprint density at radius 2 is 2.00 bits per heavy atom. The first kappa shape index (κ1) is 17.7. The molecule has 3 aromatic heterocycles. The minimum Gasteiger partial charge on any atom is -0.309 e. The van der Waals surface area contributed by atoms with Crippen molar-refractivity contribution in [3.63, 3.8) is 0 Å². The number of alkyl halides is 3. The smallest absolute Gasteiger partial charge is 0.309 e. The van der Waals surface area contributed by atoms with Crippen LogP contribution in [0.2, 0.25) is 5.15 Å². The molecule has 0 saturated carbocycles. The lowest BCUT2D eigenvalue weighted by Crippen LogP contribution is -2.10. The molecule has 1 unspecified atom stereocenters. The Morgan fingerprint density at radius 3 is 2.64 bits per heavy atom. The molecule has 0 N–H and O–H groups in total. The van der Waals surface area contributed by atoms with Gasteiger partial charge in [0.2, 0.25) is 0 Å². The molecule has 0 aliphatic carbocycles. The van der Waals surface area contributed by atoms with Gasteiger partial charge in [-0.2, -0.15) is 13.2 Å². The zero-order valence-corrected chi connectivity index (χ0v) is 14.6. The third-order valence-electron chi connectivity index (χ3n) is 3.49. The summed E-state index contributed by atoms with van der Waals surface area (Å²) in [6.07, 6.45) is -3.88. The number of fused-ring (bicyclic) bond motifs is 1. The number of rotatable bonds is 3. The van der Waals surface area contributed by atoms with Gasteiger partial charge in [-0.25, -0.2) is 4.98 Å². The average Bonchev–Trinajstić information content (AvgIpc) is 2.88. The fourth-order valence-electron chi connectivity index (χ4n) is 2.27. The fraction of sp³-hybridized carbons (Fsp3) is 0.286. The first-order valence-corrected chi connectivity index (χ1v) is 8.73. The number of aromatic nitrogens is 5. The van der Waals surface area contributed by atoms with Gasteiger partial charge in [-0.3, -0.25) is 9.19 Å². The maximum Gasteiger partial charge on any atom is 0.417 e. The van der Waals surface area contributed by atoms with E-state index in [0.717, 1.165) is 6.07 Å². The summed E-state index contributed by atoms with van der Waals surface area (Å²) < 4.78 is 52.7. The van der Waals surface area contributed by atoms with Crippen LogP contribution in [0.4, 0.5) is 13.2 Å². The maximum atomic E-state index is 13.0. The first-order valence-electron chi connectivity index (χ1n) is 7.04. The van der Waals surface area contributed by atoms with Crippen molar-refractivity contribution in [3.8, 4) is 11.5 Å². The molecule has 0 spiro atoms. The van der Waals surface area contributed by atoms with Crippen LogP contribution in [0.1, 0.15) is 12.5 Å². The Labute approximate surface area is 147 Å². The number of pyridine rings is 1. The standard InChI is InChI=1S/C14H11ClF3N5OS/c1-3-25(24)9-4-7(14(16,17)18)6-19-11(9)13-20-8-5-10(15)21-22-12(8)23(13)2/h4-6H,3H2,1-2H3. The van der Waals surface area contributed by atoms with E-state index in [2.05, 4.69) is 20.2 Å². The quantitative estimate of drug-likeness (QED) is 0.687. The normalized spacial score (nSPS) is 13.4. The van der Waals surface area contributed by atoms with Gasteiger partial charge in [0.05, 0.1) is 21.3 Å². The lowest BCUT2D eigenvalue weighted by molar-refractivity contribution is -0.138. The van der Waals surface area contributed by atoms with E-state index in [1.165, 1.54) is 10.6 Å². The van der Waals surface area contributed by atoms with Gasteiger partial charge in [0.1, 0.15) is 11.2 Å². The molecule has 0 amide bonds. The Morgan fingerprint density at radius 1 is 1.28 bits per heavy atom. The zero-order valence-electron chi connectivity index (χ0n) is 13.0.